The van der Waals surface area contributed by atoms with E-state index in [9.17, 15) is 22.8 Å². The van der Waals surface area contributed by atoms with Gasteiger partial charge < -0.3 is 18.9 Å². The summed E-state index contributed by atoms with van der Waals surface area (Å²) in [6.45, 7) is 6.37. The minimum Gasteiger partial charge on any atom is -0.480 e. The lowest BCUT2D eigenvalue weighted by molar-refractivity contribution is -0.140. The second-order valence-corrected chi connectivity index (χ2v) is 15.9. The number of halogens is 3. The fourth-order valence-corrected chi connectivity index (χ4v) is 7.14. The van der Waals surface area contributed by atoms with Gasteiger partial charge in [0.1, 0.15) is 29.0 Å². The number of carbonyl (C=O) groups is 1. The third-order valence-electron chi connectivity index (χ3n) is 10.4. The summed E-state index contributed by atoms with van der Waals surface area (Å²) in [7, 11) is 1.52. The first-order valence-electron chi connectivity index (χ1n) is 18.8. The van der Waals surface area contributed by atoms with E-state index in [4.69, 9.17) is 19.4 Å². The van der Waals surface area contributed by atoms with Crippen molar-refractivity contribution >= 4 is 17.1 Å². The first kappa shape index (κ1) is 36.5. The zero-order valence-corrected chi connectivity index (χ0v) is 31.7. The van der Waals surface area contributed by atoms with Crippen LogP contribution in [0.3, 0.4) is 0 Å². The normalized spacial score (nSPS) is 16.2. The minimum absolute atomic E-state index is 0.0172. The fourth-order valence-electron chi connectivity index (χ4n) is 7.14. The molecule has 0 bridgehead atoms. The molecule has 1 amide bonds. The summed E-state index contributed by atoms with van der Waals surface area (Å²) in [4.78, 5) is 51.3. The van der Waals surface area contributed by atoms with Gasteiger partial charge in [-0.1, -0.05) is 24.3 Å². The van der Waals surface area contributed by atoms with E-state index in [1.165, 1.54) is 13.4 Å². The lowest BCUT2D eigenvalue weighted by Crippen LogP contribution is -2.52. The third kappa shape index (κ3) is 7.10. The van der Waals surface area contributed by atoms with Gasteiger partial charge in [0.05, 0.1) is 37.2 Å². The van der Waals surface area contributed by atoms with E-state index in [0.717, 1.165) is 37.6 Å². The Morgan fingerprint density at radius 1 is 0.912 bits per heavy atom. The Bertz CT molecular complexity index is 2580. The quantitative estimate of drug-likeness (QED) is 0.149. The molecule has 5 aromatic heterocycles. The van der Waals surface area contributed by atoms with Gasteiger partial charge in [-0.3, -0.25) is 14.0 Å². The first-order chi connectivity index (χ1) is 27.2. The van der Waals surface area contributed by atoms with Crippen LogP contribution in [-0.4, -0.2) is 80.6 Å². The van der Waals surface area contributed by atoms with Gasteiger partial charge in [0.2, 0.25) is 5.88 Å². The number of rotatable bonds is 9. The number of fused-ring (bicyclic) bond motifs is 1. The molecular formula is C40H39F3N10O4. The molecule has 6 heterocycles. The number of benzene rings is 1. The predicted molar refractivity (Wildman–Crippen MR) is 201 cm³/mol. The van der Waals surface area contributed by atoms with Crippen LogP contribution >= 0.6 is 0 Å². The summed E-state index contributed by atoms with van der Waals surface area (Å²) in [5.41, 5.74) is 2.05. The van der Waals surface area contributed by atoms with Gasteiger partial charge >= 0.3 is 12.3 Å². The average molecular weight is 781 g/mol. The molecule has 0 N–H and O–H groups in total. The van der Waals surface area contributed by atoms with Crippen LogP contribution in [-0.2, 0) is 17.5 Å². The zero-order chi connectivity index (χ0) is 39.8. The van der Waals surface area contributed by atoms with Crippen LogP contribution < -0.4 is 10.3 Å². The number of hydrogen-bond donors (Lipinski definition) is 0. The highest BCUT2D eigenvalue weighted by Gasteiger charge is 2.38. The van der Waals surface area contributed by atoms with Crippen molar-refractivity contribution in [2.75, 3.05) is 20.2 Å². The maximum Gasteiger partial charge on any atom is 0.434 e. The predicted octanol–water partition coefficient (Wildman–Crippen LogP) is 7.06. The van der Waals surface area contributed by atoms with Gasteiger partial charge in [-0.2, -0.15) is 18.3 Å². The number of hydrogen-bond acceptors (Lipinski definition) is 10. The van der Waals surface area contributed by atoms with Gasteiger partial charge in [0.25, 0.3) is 5.56 Å². The molecule has 0 radical (unpaired) electrons. The number of carbonyl (C=O) groups excluding carboxylic acids is 1. The van der Waals surface area contributed by atoms with Gasteiger partial charge in [-0.25, -0.2) is 29.7 Å². The molecule has 0 spiro atoms. The van der Waals surface area contributed by atoms with Crippen molar-refractivity contribution in [2.45, 2.75) is 82.8 Å². The van der Waals surface area contributed by atoms with Gasteiger partial charge in [0, 0.05) is 60.2 Å². The van der Waals surface area contributed by atoms with Gasteiger partial charge in [-0.05, 0) is 58.1 Å². The van der Waals surface area contributed by atoms with E-state index in [2.05, 4.69) is 20.1 Å². The van der Waals surface area contributed by atoms with E-state index < -0.39 is 17.5 Å². The molecule has 294 valence electrons. The SMILES string of the molecule is COc1ncnc(C2CC2)c1-c1ncc2cc(-c3cnn(C4CN(C(=O)OC(C)(C)C)C4)c3)c(=O)n(Cc3ccc(-c4nc(C(F)(F)F)cn4C4CC4)cc3)c2n1. The maximum absolute atomic E-state index is 14.6. The number of amides is 1. The molecule has 57 heavy (non-hydrogen) atoms. The van der Waals surface area contributed by atoms with E-state index in [-0.39, 0.29) is 42.0 Å². The van der Waals surface area contributed by atoms with Crippen molar-refractivity contribution in [1.82, 2.24) is 48.7 Å². The molecule has 1 aliphatic heterocycles. The number of likely N-dealkylation sites (tertiary alicyclic amines) is 1. The topological polar surface area (TPSA) is 148 Å². The molecule has 3 fully saturated rings. The largest absolute Gasteiger partial charge is 0.480 e. The number of alkyl halides is 3. The number of aromatic nitrogens is 9. The van der Waals surface area contributed by atoms with Crippen molar-refractivity contribution in [3.05, 3.63) is 88.8 Å². The van der Waals surface area contributed by atoms with E-state index >= 15 is 0 Å². The zero-order valence-electron chi connectivity index (χ0n) is 31.7. The number of imidazole rings is 1. The molecule has 3 aliphatic rings. The summed E-state index contributed by atoms with van der Waals surface area (Å²) >= 11 is 0. The molecule has 6 aromatic rings. The Kier molecular flexibility index (Phi) is 8.66. The smallest absolute Gasteiger partial charge is 0.434 e. The second kappa shape index (κ2) is 13.5. The monoisotopic (exact) mass is 780 g/mol. The van der Waals surface area contributed by atoms with Crippen molar-refractivity contribution in [1.29, 1.82) is 0 Å². The highest BCUT2D eigenvalue weighted by atomic mass is 19.4. The van der Waals surface area contributed by atoms with Crippen LogP contribution in [0.5, 0.6) is 5.88 Å². The van der Waals surface area contributed by atoms with E-state index in [1.54, 1.807) is 67.6 Å². The maximum atomic E-state index is 14.6. The van der Waals surface area contributed by atoms with E-state index in [1.807, 2.05) is 20.8 Å². The third-order valence-corrected chi connectivity index (χ3v) is 10.4. The first-order valence-corrected chi connectivity index (χ1v) is 18.8. The lowest BCUT2D eigenvalue weighted by atomic mass is 10.1. The number of methoxy groups -OCH3 is 1. The number of ether oxygens (including phenoxy) is 2. The van der Waals surface area contributed by atoms with Crippen molar-refractivity contribution < 1.29 is 27.4 Å². The van der Waals surface area contributed by atoms with Crippen molar-refractivity contribution in [3.63, 3.8) is 0 Å². The molecule has 9 rings (SSSR count). The molecule has 17 heteroatoms. The second-order valence-electron chi connectivity index (χ2n) is 15.9. The summed E-state index contributed by atoms with van der Waals surface area (Å²) in [5.74, 6) is 1.13. The molecule has 1 saturated heterocycles. The molecule has 0 atom stereocenters. The Morgan fingerprint density at radius 2 is 1.67 bits per heavy atom. The van der Waals surface area contributed by atoms with Crippen LogP contribution in [0.1, 0.15) is 81.4 Å². The minimum atomic E-state index is -4.56. The Labute approximate surface area is 324 Å². The summed E-state index contributed by atoms with van der Waals surface area (Å²) in [5, 5.41) is 5.14. The lowest BCUT2D eigenvalue weighted by Gasteiger charge is -2.39. The van der Waals surface area contributed by atoms with Crippen LogP contribution in [0.4, 0.5) is 18.0 Å². The Balaban J connectivity index is 1.09. The molecule has 2 aliphatic carbocycles. The fraction of sp³-hybridized carbons (Fsp3) is 0.400. The van der Waals surface area contributed by atoms with Crippen LogP contribution in [0, 0.1) is 0 Å². The highest BCUT2D eigenvalue weighted by molar-refractivity contribution is 5.83. The Morgan fingerprint density at radius 3 is 2.33 bits per heavy atom. The van der Waals surface area contributed by atoms with Crippen molar-refractivity contribution in [3.8, 4) is 39.8 Å². The molecule has 14 nitrogen and oxygen atoms in total. The Hall–Kier alpha value is -6.13. The van der Waals surface area contributed by atoms with Gasteiger partial charge in [-0.15, -0.1) is 0 Å². The average Bonchev–Trinajstić information content (AvgIpc) is 4.09. The highest BCUT2D eigenvalue weighted by Crippen LogP contribution is 2.45. The molecule has 2 saturated carbocycles. The summed E-state index contributed by atoms with van der Waals surface area (Å²) in [6.07, 6.45) is 6.19. The molecule has 1 aromatic carbocycles. The van der Waals surface area contributed by atoms with Crippen LogP contribution in [0.2, 0.25) is 0 Å². The molecular weight excluding hydrogens is 742 g/mol. The summed E-state index contributed by atoms with van der Waals surface area (Å²) in [6, 6.07) is 8.66. The summed E-state index contributed by atoms with van der Waals surface area (Å²) < 4.78 is 57.0. The van der Waals surface area contributed by atoms with Crippen LogP contribution in [0.15, 0.2) is 66.2 Å². The molecule has 0 unspecified atom stereocenters. The number of nitrogens with zero attached hydrogens (tertiary/aromatic N) is 10. The van der Waals surface area contributed by atoms with Gasteiger partial charge in [0.15, 0.2) is 11.5 Å². The number of pyridine rings is 1. The van der Waals surface area contributed by atoms with Crippen molar-refractivity contribution in [2.24, 2.45) is 0 Å². The van der Waals surface area contributed by atoms with E-state index in [0.29, 0.717) is 63.6 Å². The van der Waals surface area contributed by atoms with Crippen LogP contribution in [0.25, 0.3) is 44.9 Å². The standard InChI is InChI=1S/C40H39F3N10O4/c1-39(2,3)57-38(55)50-18-28(19-50)53-17-26(15-47-53)29-13-25-14-44-33(31-32(23-9-10-23)45-21-46-36(31)56-4)49-35(25)52(37(29)54)16-22-5-7-24(8-6-22)34-48-30(40(41,42)43)20-51(34)27-11-12-27/h5-8,13-15,17,20-21,23,27-28H,9-12,16,18-19H2,1-4H3.